The molecule has 0 aliphatic heterocycles. The highest BCUT2D eigenvalue weighted by molar-refractivity contribution is 5.59. The molecule has 1 rings (SSSR count). The summed E-state index contributed by atoms with van der Waals surface area (Å²) in [4.78, 5) is 0. The number of rotatable bonds is 5. The second-order valence-corrected chi connectivity index (χ2v) is 5.01. The molecular formula is C14H17F3N2O. The van der Waals surface area contributed by atoms with Crippen LogP contribution in [0.5, 0.6) is 0 Å². The fourth-order valence-electron chi connectivity index (χ4n) is 1.57. The van der Waals surface area contributed by atoms with Crippen molar-refractivity contribution in [2.24, 2.45) is 0 Å². The Morgan fingerprint density at radius 2 is 1.95 bits per heavy atom. The van der Waals surface area contributed by atoms with E-state index in [1.165, 1.54) is 6.07 Å². The van der Waals surface area contributed by atoms with Crippen molar-refractivity contribution in [3.63, 3.8) is 0 Å². The quantitative estimate of drug-likeness (QED) is 0.895. The number of hydrogen-bond acceptors (Lipinski definition) is 3. The first kappa shape index (κ1) is 16.3. The molecule has 0 amide bonds. The van der Waals surface area contributed by atoms with Gasteiger partial charge in [-0.15, -0.1) is 0 Å². The van der Waals surface area contributed by atoms with Crippen LogP contribution in [0.1, 0.15) is 31.4 Å². The van der Waals surface area contributed by atoms with Crippen LogP contribution in [-0.4, -0.2) is 19.3 Å². The van der Waals surface area contributed by atoms with Gasteiger partial charge in [0.05, 0.1) is 22.4 Å². The first-order valence-corrected chi connectivity index (χ1v) is 6.10. The van der Waals surface area contributed by atoms with Crippen molar-refractivity contribution in [2.45, 2.75) is 32.0 Å². The number of ether oxygens (including phenoxy) is 1. The number of nitriles is 1. The van der Waals surface area contributed by atoms with E-state index in [1.807, 2.05) is 13.8 Å². The molecule has 0 atom stereocenters. The van der Waals surface area contributed by atoms with E-state index < -0.39 is 11.7 Å². The third kappa shape index (κ3) is 4.42. The summed E-state index contributed by atoms with van der Waals surface area (Å²) < 4.78 is 42.9. The van der Waals surface area contributed by atoms with Crippen LogP contribution in [0.15, 0.2) is 18.2 Å². The number of halogens is 3. The Kier molecular flexibility index (Phi) is 5.01. The summed E-state index contributed by atoms with van der Waals surface area (Å²) in [6.07, 6.45) is -3.78. The van der Waals surface area contributed by atoms with E-state index in [9.17, 15) is 13.2 Å². The van der Waals surface area contributed by atoms with Gasteiger partial charge in [0.2, 0.25) is 0 Å². The van der Waals surface area contributed by atoms with Gasteiger partial charge in [0, 0.05) is 13.7 Å². The normalized spacial score (nSPS) is 12.1. The van der Waals surface area contributed by atoms with Crippen molar-refractivity contribution in [3.05, 3.63) is 29.3 Å². The highest BCUT2D eigenvalue weighted by atomic mass is 19.4. The molecule has 20 heavy (non-hydrogen) atoms. The van der Waals surface area contributed by atoms with E-state index in [0.29, 0.717) is 18.7 Å². The van der Waals surface area contributed by atoms with Crippen LogP contribution in [0.2, 0.25) is 0 Å². The largest absolute Gasteiger partial charge is 0.416 e. The van der Waals surface area contributed by atoms with Gasteiger partial charge in [-0.2, -0.15) is 18.4 Å². The lowest BCUT2D eigenvalue weighted by Gasteiger charge is -2.23. The summed E-state index contributed by atoms with van der Waals surface area (Å²) in [6.45, 7) is 4.32. The highest BCUT2D eigenvalue weighted by Gasteiger charge is 2.31. The molecule has 0 heterocycles. The van der Waals surface area contributed by atoms with Crippen LogP contribution in [0, 0.1) is 11.3 Å². The van der Waals surface area contributed by atoms with Gasteiger partial charge in [-0.1, -0.05) is 0 Å². The van der Waals surface area contributed by atoms with E-state index >= 15 is 0 Å². The predicted molar refractivity (Wildman–Crippen MR) is 70.4 cm³/mol. The van der Waals surface area contributed by atoms with Crippen molar-refractivity contribution in [1.82, 2.24) is 0 Å². The summed E-state index contributed by atoms with van der Waals surface area (Å²) >= 11 is 0. The molecule has 0 saturated heterocycles. The second kappa shape index (κ2) is 6.14. The molecule has 1 aromatic carbocycles. The van der Waals surface area contributed by atoms with E-state index in [2.05, 4.69) is 5.32 Å². The lowest BCUT2D eigenvalue weighted by molar-refractivity contribution is -0.137. The molecule has 0 unspecified atom stereocenters. The molecule has 0 fully saturated rings. The maximum absolute atomic E-state index is 12.5. The van der Waals surface area contributed by atoms with Crippen molar-refractivity contribution in [2.75, 3.05) is 19.0 Å². The molecule has 1 N–H and O–H groups in total. The Balaban J connectivity index is 2.80. The van der Waals surface area contributed by atoms with Gasteiger partial charge in [0.25, 0.3) is 0 Å². The summed E-state index contributed by atoms with van der Waals surface area (Å²) in [5.41, 5.74) is -0.773. The fourth-order valence-corrected chi connectivity index (χ4v) is 1.57. The molecule has 1 aromatic rings. The van der Waals surface area contributed by atoms with Gasteiger partial charge >= 0.3 is 6.18 Å². The minimum absolute atomic E-state index is 0.0185. The summed E-state index contributed by atoms with van der Waals surface area (Å²) in [5.74, 6) is 0. The van der Waals surface area contributed by atoms with E-state index in [1.54, 1.807) is 13.2 Å². The molecule has 0 saturated carbocycles. The van der Waals surface area contributed by atoms with Gasteiger partial charge in [-0.3, -0.25) is 0 Å². The van der Waals surface area contributed by atoms with Crippen molar-refractivity contribution >= 4 is 5.69 Å². The van der Waals surface area contributed by atoms with Crippen LogP contribution < -0.4 is 5.32 Å². The van der Waals surface area contributed by atoms with E-state index in [4.69, 9.17) is 10.00 Å². The molecule has 6 heteroatoms. The Bertz CT molecular complexity index is 504. The monoisotopic (exact) mass is 286 g/mol. The van der Waals surface area contributed by atoms with Gasteiger partial charge in [-0.25, -0.2) is 0 Å². The smallest absolute Gasteiger partial charge is 0.384 e. The minimum Gasteiger partial charge on any atom is -0.384 e. The van der Waals surface area contributed by atoms with Crippen LogP contribution in [0.4, 0.5) is 18.9 Å². The van der Waals surface area contributed by atoms with Crippen molar-refractivity contribution < 1.29 is 17.9 Å². The lowest BCUT2D eigenvalue weighted by atomic mass is 10.0. The average Bonchev–Trinajstić information content (AvgIpc) is 2.37. The zero-order valence-electron chi connectivity index (χ0n) is 11.6. The molecular weight excluding hydrogens is 269 g/mol. The minimum atomic E-state index is -4.44. The van der Waals surface area contributed by atoms with Gasteiger partial charge in [0.15, 0.2) is 0 Å². The van der Waals surface area contributed by atoms with Crippen molar-refractivity contribution in [3.8, 4) is 6.07 Å². The number of anilines is 1. The number of nitrogens with zero attached hydrogens (tertiary/aromatic N) is 1. The maximum atomic E-state index is 12.5. The Morgan fingerprint density at radius 3 is 2.45 bits per heavy atom. The highest BCUT2D eigenvalue weighted by Crippen LogP contribution is 2.31. The Hall–Kier alpha value is -1.74. The molecule has 0 spiro atoms. The number of hydrogen-bond donors (Lipinski definition) is 1. The first-order valence-electron chi connectivity index (χ1n) is 6.10. The van der Waals surface area contributed by atoms with Gasteiger partial charge in [-0.05, 0) is 38.5 Å². The van der Waals surface area contributed by atoms with Crippen LogP contribution in [-0.2, 0) is 10.9 Å². The number of methoxy groups -OCH3 is 1. The summed E-state index contributed by atoms with van der Waals surface area (Å²) in [6, 6.07) is 4.87. The molecule has 0 aliphatic rings. The van der Waals surface area contributed by atoms with Gasteiger partial charge < -0.3 is 10.1 Å². The maximum Gasteiger partial charge on any atom is 0.416 e. The second-order valence-electron chi connectivity index (χ2n) is 5.01. The molecule has 0 aromatic heterocycles. The molecule has 3 nitrogen and oxygen atoms in total. The number of benzene rings is 1. The third-order valence-electron chi connectivity index (χ3n) is 3.06. The topological polar surface area (TPSA) is 45.0 Å². The lowest BCUT2D eigenvalue weighted by Crippen LogP contribution is -2.25. The number of alkyl halides is 3. The van der Waals surface area contributed by atoms with Crippen LogP contribution in [0.25, 0.3) is 0 Å². The number of nitrogens with one attached hydrogen (secondary N) is 1. The van der Waals surface area contributed by atoms with Crippen LogP contribution >= 0.6 is 0 Å². The zero-order chi connectivity index (χ0) is 15.4. The SMILES string of the molecule is COC(C)(C)CCNc1ccc(C(F)(F)F)cc1C#N. The first-order chi connectivity index (χ1) is 9.19. The summed E-state index contributed by atoms with van der Waals surface area (Å²) in [7, 11) is 1.60. The van der Waals surface area contributed by atoms with E-state index in [-0.39, 0.29) is 11.2 Å². The molecule has 0 aliphatic carbocycles. The van der Waals surface area contributed by atoms with E-state index in [0.717, 1.165) is 12.1 Å². The Morgan fingerprint density at radius 1 is 1.30 bits per heavy atom. The summed E-state index contributed by atoms with van der Waals surface area (Å²) in [5, 5.41) is 11.9. The van der Waals surface area contributed by atoms with Gasteiger partial charge in [0.1, 0.15) is 6.07 Å². The van der Waals surface area contributed by atoms with Crippen LogP contribution in [0.3, 0.4) is 0 Å². The predicted octanol–water partition coefficient (Wildman–Crippen LogP) is 3.80. The molecule has 0 radical (unpaired) electrons. The average molecular weight is 286 g/mol. The zero-order valence-corrected chi connectivity index (χ0v) is 11.6. The molecule has 110 valence electrons. The molecule has 0 bridgehead atoms. The van der Waals surface area contributed by atoms with Crippen molar-refractivity contribution in [1.29, 1.82) is 5.26 Å². The third-order valence-corrected chi connectivity index (χ3v) is 3.06. The fraction of sp³-hybridized carbons (Fsp3) is 0.500. The Labute approximate surface area is 116 Å². The standard InChI is InChI=1S/C14H17F3N2O/c1-13(2,20-3)6-7-19-12-5-4-11(14(15,16)17)8-10(12)9-18/h4-5,8,19H,6-7H2,1-3H3.